The molecule has 1 aliphatic heterocycles. The van der Waals surface area contributed by atoms with E-state index in [2.05, 4.69) is 0 Å². The molecule has 2 unspecified atom stereocenters. The highest BCUT2D eigenvalue weighted by Gasteiger charge is 2.33. The first-order chi connectivity index (χ1) is 11.5. The minimum atomic E-state index is -1.01. The van der Waals surface area contributed by atoms with Gasteiger partial charge in [0.05, 0.1) is 5.56 Å². The lowest BCUT2D eigenvalue weighted by molar-refractivity contribution is 0.0693. The van der Waals surface area contributed by atoms with Crippen LogP contribution >= 0.6 is 0 Å². The lowest BCUT2D eigenvalue weighted by Gasteiger charge is -2.21. The van der Waals surface area contributed by atoms with E-state index < -0.39 is 5.97 Å². The van der Waals surface area contributed by atoms with Gasteiger partial charge in [0.2, 0.25) is 0 Å². The maximum absolute atomic E-state index is 13.1. The molecule has 2 aromatic rings. The molecule has 1 fully saturated rings. The molecule has 1 heterocycles. The maximum Gasteiger partial charge on any atom is 0.335 e. The third-order valence-corrected chi connectivity index (χ3v) is 4.56. The van der Waals surface area contributed by atoms with Gasteiger partial charge in [0, 0.05) is 24.1 Å². The van der Waals surface area contributed by atoms with Crippen LogP contribution in [0.15, 0.2) is 48.5 Å². The van der Waals surface area contributed by atoms with Gasteiger partial charge in [-0.15, -0.1) is 0 Å². The molecule has 24 heavy (non-hydrogen) atoms. The third-order valence-electron chi connectivity index (χ3n) is 4.56. The number of carboxylic acid groups (broad SMARTS) is 1. The van der Waals surface area contributed by atoms with E-state index in [-0.39, 0.29) is 29.2 Å². The molecule has 3 rings (SSSR count). The van der Waals surface area contributed by atoms with Crippen molar-refractivity contribution in [3.63, 3.8) is 0 Å². The average Bonchev–Trinajstić information content (AvgIpc) is 2.96. The molecule has 1 aliphatic rings. The summed E-state index contributed by atoms with van der Waals surface area (Å²) in [4.78, 5) is 25.4. The largest absolute Gasteiger partial charge is 0.478 e. The van der Waals surface area contributed by atoms with Crippen LogP contribution in [-0.4, -0.2) is 34.5 Å². The van der Waals surface area contributed by atoms with E-state index in [0.717, 1.165) is 12.0 Å². The van der Waals surface area contributed by atoms with Crippen LogP contribution in [0.1, 0.15) is 45.5 Å². The minimum absolute atomic E-state index is 0.0757. The van der Waals surface area contributed by atoms with Crippen LogP contribution in [0.3, 0.4) is 0 Å². The summed E-state index contributed by atoms with van der Waals surface area (Å²) in [7, 11) is 0. The summed E-state index contributed by atoms with van der Waals surface area (Å²) in [6.07, 6.45) is 0.824. The van der Waals surface area contributed by atoms with E-state index in [4.69, 9.17) is 5.11 Å². The highest BCUT2D eigenvalue weighted by Crippen LogP contribution is 2.32. The standard InChI is InChI=1S/C19H18FNO3/c1-12-10-16(13-6-8-17(20)9-7-13)11-21(12)18(22)14-2-4-15(5-3-14)19(23)24/h2-9,12,16H,10-11H2,1H3,(H,23,24). The predicted octanol–water partition coefficient (Wildman–Crippen LogP) is 3.54. The SMILES string of the molecule is CC1CC(c2ccc(F)cc2)CN1C(=O)c1ccc(C(=O)O)cc1. The highest BCUT2D eigenvalue weighted by molar-refractivity contribution is 5.96. The minimum Gasteiger partial charge on any atom is -0.478 e. The molecule has 0 bridgehead atoms. The Hall–Kier alpha value is -2.69. The number of amides is 1. The molecule has 2 aromatic carbocycles. The normalized spacial score (nSPS) is 20.2. The monoisotopic (exact) mass is 327 g/mol. The number of carboxylic acids is 1. The van der Waals surface area contributed by atoms with Gasteiger partial charge in [-0.2, -0.15) is 0 Å². The van der Waals surface area contributed by atoms with E-state index in [1.165, 1.54) is 24.3 Å². The van der Waals surface area contributed by atoms with Gasteiger partial charge >= 0.3 is 5.97 Å². The van der Waals surface area contributed by atoms with Crippen LogP contribution in [0.4, 0.5) is 4.39 Å². The summed E-state index contributed by atoms with van der Waals surface area (Å²) in [6.45, 7) is 2.57. The number of benzene rings is 2. The summed E-state index contributed by atoms with van der Waals surface area (Å²) >= 11 is 0. The van der Waals surface area contributed by atoms with Gasteiger partial charge in [0.1, 0.15) is 5.82 Å². The Morgan fingerprint density at radius 1 is 1.04 bits per heavy atom. The Morgan fingerprint density at radius 3 is 2.21 bits per heavy atom. The molecular weight excluding hydrogens is 309 g/mol. The molecule has 1 amide bonds. The fourth-order valence-electron chi connectivity index (χ4n) is 3.21. The zero-order valence-electron chi connectivity index (χ0n) is 13.3. The van der Waals surface area contributed by atoms with Gasteiger partial charge in [-0.25, -0.2) is 9.18 Å². The molecule has 1 saturated heterocycles. The molecule has 2 atom stereocenters. The quantitative estimate of drug-likeness (QED) is 0.938. The van der Waals surface area contributed by atoms with E-state index in [9.17, 15) is 14.0 Å². The van der Waals surface area contributed by atoms with E-state index in [1.807, 2.05) is 6.92 Å². The lowest BCUT2D eigenvalue weighted by Crippen LogP contribution is -2.33. The zero-order chi connectivity index (χ0) is 17.3. The zero-order valence-corrected chi connectivity index (χ0v) is 13.3. The number of hydrogen-bond donors (Lipinski definition) is 1. The van der Waals surface area contributed by atoms with Crippen LogP contribution in [0, 0.1) is 5.82 Å². The Morgan fingerprint density at radius 2 is 1.62 bits per heavy atom. The number of rotatable bonds is 3. The molecule has 0 spiro atoms. The van der Waals surface area contributed by atoms with Crippen molar-refractivity contribution < 1.29 is 19.1 Å². The van der Waals surface area contributed by atoms with Crippen molar-refractivity contribution in [3.05, 3.63) is 71.0 Å². The molecule has 4 nitrogen and oxygen atoms in total. The third kappa shape index (κ3) is 3.15. The first kappa shape index (κ1) is 16.2. The number of carbonyl (C=O) groups is 2. The summed E-state index contributed by atoms with van der Waals surface area (Å²) in [5.74, 6) is -1.21. The molecule has 124 valence electrons. The van der Waals surface area contributed by atoms with Gasteiger partial charge in [0.15, 0.2) is 0 Å². The van der Waals surface area contributed by atoms with E-state index in [1.54, 1.807) is 29.2 Å². The number of aromatic carboxylic acids is 1. The van der Waals surface area contributed by atoms with Crippen molar-refractivity contribution >= 4 is 11.9 Å². The number of hydrogen-bond acceptors (Lipinski definition) is 2. The molecule has 0 radical (unpaired) electrons. The summed E-state index contributed by atoms with van der Waals surface area (Å²) in [5, 5.41) is 8.93. The average molecular weight is 327 g/mol. The first-order valence-electron chi connectivity index (χ1n) is 7.85. The summed E-state index contributed by atoms with van der Waals surface area (Å²) < 4.78 is 13.1. The molecular formula is C19H18FNO3. The molecule has 0 saturated carbocycles. The van der Waals surface area contributed by atoms with Crippen molar-refractivity contribution in [1.82, 2.24) is 4.90 Å². The van der Waals surface area contributed by atoms with Crippen molar-refractivity contribution in [2.75, 3.05) is 6.54 Å². The van der Waals surface area contributed by atoms with Gasteiger partial charge in [-0.1, -0.05) is 12.1 Å². The van der Waals surface area contributed by atoms with Crippen molar-refractivity contribution in [2.45, 2.75) is 25.3 Å². The van der Waals surface area contributed by atoms with Crippen molar-refractivity contribution in [2.24, 2.45) is 0 Å². The maximum atomic E-state index is 13.1. The summed E-state index contributed by atoms with van der Waals surface area (Å²) in [5.41, 5.74) is 1.66. The lowest BCUT2D eigenvalue weighted by atomic mass is 9.97. The number of likely N-dealkylation sites (tertiary alicyclic amines) is 1. The first-order valence-corrected chi connectivity index (χ1v) is 7.85. The second-order valence-electron chi connectivity index (χ2n) is 6.17. The second-order valence-corrected chi connectivity index (χ2v) is 6.17. The Kier molecular flexibility index (Phi) is 4.34. The van der Waals surface area contributed by atoms with Gasteiger partial charge in [0.25, 0.3) is 5.91 Å². The fraction of sp³-hybridized carbons (Fsp3) is 0.263. The highest BCUT2D eigenvalue weighted by atomic mass is 19.1. The van der Waals surface area contributed by atoms with Gasteiger partial charge in [-0.05, 0) is 55.3 Å². The smallest absolute Gasteiger partial charge is 0.335 e. The van der Waals surface area contributed by atoms with Crippen LogP contribution in [0.2, 0.25) is 0 Å². The number of carbonyl (C=O) groups excluding carboxylic acids is 1. The second kappa shape index (κ2) is 6.43. The van der Waals surface area contributed by atoms with Gasteiger partial charge < -0.3 is 10.0 Å². The van der Waals surface area contributed by atoms with Crippen LogP contribution in [0.5, 0.6) is 0 Å². The van der Waals surface area contributed by atoms with Crippen LogP contribution in [-0.2, 0) is 0 Å². The fourth-order valence-corrected chi connectivity index (χ4v) is 3.21. The van der Waals surface area contributed by atoms with E-state index >= 15 is 0 Å². The number of halogens is 1. The molecule has 5 heteroatoms. The van der Waals surface area contributed by atoms with Crippen molar-refractivity contribution in [1.29, 1.82) is 0 Å². The molecule has 0 aliphatic carbocycles. The predicted molar refractivity (Wildman–Crippen MR) is 87.7 cm³/mol. The van der Waals surface area contributed by atoms with Crippen LogP contribution < -0.4 is 0 Å². The molecule has 1 N–H and O–H groups in total. The van der Waals surface area contributed by atoms with Crippen LogP contribution in [0.25, 0.3) is 0 Å². The Labute approximate surface area is 139 Å². The van der Waals surface area contributed by atoms with E-state index in [0.29, 0.717) is 12.1 Å². The molecule has 0 aromatic heterocycles. The Balaban J connectivity index is 1.75. The number of nitrogens with zero attached hydrogens (tertiary/aromatic N) is 1. The summed E-state index contributed by atoms with van der Waals surface area (Å²) in [6, 6.07) is 12.5. The van der Waals surface area contributed by atoms with Gasteiger partial charge in [-0.3, -0.25) is 4.79 Å². The topological polar surface area (TPSA) is 57.6 Å². The Bertz CT molecular complexity index is 755. The van der Waals surface area contributed by atoms with Crippen molar-refractivity contribution in [3.8, 4) is 0 Å².